The number of fused-ring (bicyclic) bond motifs is 2. The maximum absolute atomic E-state index is 13.1. The molecular weight excluding hydrogens is 382 g/mol. The van der Waals surface area contributed by atoms with E-state index in [4.69, 9.17) is 0 Å². The second-order valence-corrected chi connectivity index (χ2v) is 9.45. The van der Waals surface area contributed by atoms with Gasteiger partial charge in [-0.25, -0.2) is 4.79 Å². The third kappa shape index (κ3) is 3.54. The predicted molar refractivity (Wildman–Crippen MR) is 117 cm³/mol. The second kappa shape index (κ2) is 7.82. The van der Waals surface area contributed by atoms with E-state index in [1.807, 2.05) is 33.7 Å². The van der Waals surface area contributed by atoms with Crippen LogP contribution in [0.25, 0.3) is 11.0 Å². The zero-order chi connectivity index (χ0) is 19.8. The number of rotatable bonds is 2. The van der Waals surface area contributed by atoms with E-state index in [-0.39, 0.29) is 17.6 Å². The molecule has 2 aromatic heterocycles. The first kappa shape index (κ1) is 18.7. The van der Waals surface area contributed by atoms with Crippen LogP contribution in [0.5, 0.6) is 0 Å². The molecule has 1 aliphatic heterocycles. The average Bonchev–Trinajstić information content (AvgIpc) is 3.27. The Morgan fingerprint density at radius 3 is 2.62 bits per heavy atom. The van der Waals surface area contributed by atoms with Gasteiger partial charge in [-0.15, -0.1) is 11.3 Å². The molecule has 1 saturated heterocycles. The Balaban J connectivity index is 1.30. The van der Waals surface area contributed by atoms with Crippen LogP contribution >= 0.6 is 11.3 Å². The van der Waals surface area contributed by atoms with Gasteiger partial charge in [-0.1, -0.05) is 25.0 Å². The monoisotopic (exact) mass is 409 g/mol. The number of hydrogen-bond acceptors (Lipinski definition) is 3. The molecule has 29 heavy (non-hydrogen) atoms. The molecule has 3 aromatic rings. The van der Waals surface area contributed by atoms with Gasteiger partial charge < -0.3 is 9.88 Å². The average molecular weight is 410 g/mol. The highest BCUT2D eigenvalue weighted by atomic mass is 32.1. The van der Waals surface area contributed by atoms with Crippen molar-refractivity contribution in [2.24, 2.45) is 0 Å². The van der Waals surface area contributed by atoms with Gasteiger partial charge in [0.25, 0.3) is 5.91 Å². The molecule has 0 spiro atoms. The van der Waals surface area contributed by atoms with Crippen LogP contribution < -0.4 is 5.69 Å². The number of imidazole rings is 1. The minimum Gasteiger partial charge on any atom is -0.338 e. The molecule has 6 heteroatoms. The van der Waals surface area contributed by atoms with Crippen molar-refractivity contribution >= 4 is 28.3 Å². The number of aromatic amines is 1. The van der Waals surface area contributed by atoms with Crippen molar-refractivity contribution in [2.45, 2.75) is 57.4 Å². The van der Waals surface area contributed by atoms with Gasteiger partial charge in [0.05, 0.1) is 15.9 Å². The fourth-order valence-electron chi connectivity index (χ4n) is 4.87. The van der Waals surface area contributed by atoms with Crippen molar-refractivity contribution in [3.05, 3.63) is 56.1 Å². The molecule has 0 unspecified atom stereocenters. The Morgan fingerprint density at radius 1 is 1.03 bits per heavy atom. The van der Waals surface area contributed by atoms with Crippen molar-refractivity contribution in [1.29, 1.82) is 0 Å². The first-order valence-corrected chi connectivity index (χ1v) is 11.6. The summed E-state index contributed by atoms with van der Waals surface area (Å²) in [7, 11) is 0. The summed E-state index contributed by atoms with van der Waals surface area (Å²) in [5, 5.41) is 0. The third-order valence-electron chi connectivity index (χ3n) is 6.45. The van der Waals surface area contributed by atoms with E-state index in [1.54, 1.807) is 11.3 Å². The van der Waals surface area contributed by atoms with Gasteiger partial charge in [-0.05, 0) is 62.3 Å². The topological polar surface area (TPSA) is 58.1 Å². The van der Waals surface area contributed by atoms with Crippen LogP contribution in [0.2, 0.25) is 0 Å². The van der Waals surface area contributed by atoms with Crippen molar-refractivity contribution in [1.82, 2.24) is 14.5 Å². The number of likely N-dealkylation sites (tertiary alicyclic amines) is 1. The molecule has 1 amide bonds. The summed E-state index contributed by atoms with van der Waals surface area (Å²) in [6.07, 6.45) is 8.97. The van der Waals surface area contributed by atoms with Crippen LogP contribution in [-0.2, 0) is 12.8 Å². The third-order valence-corrected chi connectivity index (χ3v) is 7.67. The number of nitrogens with one attached hydrogen (secondary N) is 1. The number of H-pyrrole nitrogens is 1. The van der Waals surface area contributed by atoms with Gasteiger partial charge in [-0.2, -0.15) is 0 Å². The molecule has 1 N–H and O–H groups in total. The van der Waals surface area contributed by atoms with E-state index >= 15 is 0 Å². The van der Waals surface area contributed by atoms with Crippen LogP contribution in [0, 0.1) is 0 Å². The molecule has 5 rings (SSSR count). The lowest BCUT2D eigenvalue weighted by atomic mass is 9.99. The quantitative estimate of drug-likeness (QED) is 0.676. The number of benzene rings is 1. The Hall–Kier alpha value is -2.34. The molecule has 5 nitrogen and oxygen atoms in total. The first-order valence-electron chi connectivity index (χ1n) is 10.8. The first-order chi connectivity index (χ1) is 14.2. The summed E-state index contributed by atoms with van der Waals surface area (Å²) in [6.45, 7) is 1.41. The standard InChI is InChI=1S/C23H27N3O2S/c27-22(21-15-16-7-3-1-2-4-10-20(16)29-21)25-13-11-17(12-14-25)26-19-9-6-5-8-18(19)24-23(26)28/h5-6,8-9,15,17H,1-4,7,10-14H2,(H,24,28). The summed E-state index contributed by atoms with van der Waals surface area (Å²) < 4.78 is 1.88. The van der Waals surface area contributed by atoms with Crippen molar-refractivity contribution in [2.75, 3.05) is 13.1 Å². The number of carbonyl (C=O) groups is 1. The van der Waals surface area contributed by atoms with E-state index in [2.05, 4.69) is 11.1 Å². The number of aromatic nitrogens is 2. The maximum atomic E-state index is 13.1. The minimum atomic E-state index is -0.0472. The fourth-order valence-corrected chi connectivity index (χ4v) is 6.09. The number of amides is 1. The molecule has 0 bridgehead atoms. The summed E-state index contributed by atoms with van der Waals surface area (Å²) in [5.41, 5.74) is 3.19. The predicted octanol–water partition coefficient (Wildman–Crippen LogP) is 4.53. The molecule has 0 atom stereocenters. The fraction of sp³-hybridized carbons (Fsp3) is 0.478. The number of hydrogen-bond donors (Lipinski definition) is 1. The van der Waals surface area contributed by atoms with Gasteiger partial charge in [0.1, 0.15) is 0 Å². The lowest BCUT2D eigenvalue weighted by Gasteiger charge is -2.32. The van der Waals surface area contributed by atoms with Crippen LogP contribution in [0.4, 0.5) is 0 Å². The summed E-state index contributed by atoms with van der Waals surface area (Å²) in [4.78, 5) is 32.9. The summed E-state index contributed by atoms with van der Waals surface area (Å²) >= 11 is 1.71. The van der Waals surface area contributed by atoms with Gasteiger partial charge in [0, 0.05) is 24.0 Å². The van der Waals surface area contributed by atoms with E-state index in [1.165, 1.54) is 36.1 Å². The molecule has 1 fully saturated rings. The largest absolute Gasteiger partial charge is 0.338 e. The van der Waals surface area contributed by atoms with E-state index in [9.17, 15) is 9.59 Å². The molecular formula is C23H27N3O2S. The lowest BCUT2D eigenvalue weighted by Crippen LogP contribution is -2.40. The molecule has 1 aromatic carbocycles. The lowest BCUT2D eigenvalue weighted by molar-refractivity contribution is 0.0700. The summed E-state index contributed by atoms with van der Waals surface area (Å²) in [6, 6.07) is 10.1. The molecule has 3 heterocycles. The van der Waals surface area contributed by atoms with Crippen molar-refractivity contribution in [3.63, 3.8) is 0 Å². The number of nitrogens with zero attached hydrogens (tertiary/aromatic N) is 2. The normalized spacial score (nSPS) is 18.4. The van der Waals surface area contributed by atoms with E-state index < -0.39 is 0 Å². The Morgan fingerprint density at radius 2 is 1.79 bits per heavy atom. The van der Waals surface area contributed by atoms with Crippen LogP contribution in [0.15, 0.2) is 35.1 Å². The van der Waals surface area contributed by atoms with Gasteiger partial charge in [0.15, 0.2) is 0 Å². The molecule has 2 aliphatic rings. The second-order valence-electron chi connectivity index (χ2n) is 8.31. The molecule has 0 radical (unpaired) electrons. The SMILES string of the molecule is O=C(c1cc2c(s1)CCCCCC2)N1CCC(n2c(=O)[nH]c3ccccc32)CC1. The van der Waals surface area contributed by atoms with Crippen LogP contribution in [0.1, 0.15) is 64.7 Å². The highest BCUT2D eigenvalue weighted by Gasteiger charge is 2.28. The highest BCUT2D eigenvalue weighted by Crippen LogP contribution is 2.31. The molecule has 0 saturated carbocycles. The van der Waals surface area contributed by atoms with Crippen molar-refractivity contribution < 1.29 is 4.79 Å². The minimum absolute atomic E-state index is 0.0472. The molecule has 152 valence electrons. The van der Waals surface area contributed by atoms with Gasteiger partial charge >= 0.3 is 5.69 Å². The number of aryl methyl sites for hydroxylation is 2. The number of thiophene rings is 1. The number of carbonyl (C=O) groups excluding carboxylic acids is 1. The number of para-hydroxylation sites is 2. The Kier molecular flexibility index (Phi) is 5.04. The van der Waals surface area contributed by atoms with Crippen molar-refractivity contribution in [3.8, 4) is 0 Å². The number of piperidine rings is 1. The van der Waals surface area contributed by atoms with Gasteiger partial charge in [0.2, 0.25) is 0 Å². The zero-order valence-corrected chi connectivity index (χ0v) is 17.5. The maximum Gasteiger partial charge on any atom is 0.326 e. The molecule has 1 aliphatic carbocycles. The van der Waals surface area contributed by atoms with Crippen LogP contribution in [-0.4, -0.2) is 33.4 Å². The smallest absolute Gasteiger partial charge is 0.326 e. The zero-order valence-electron chi connectivity index (χ0n) is 16.7. The Bertz CT molecular complexity index is 1060. The van der Waals surface area contributed by atoms with Crippen LogP contribution in [0.3, 0.4) is 0 Å². The van der Waals surface area contributed by atoms with Gasteiger partial charge in [-0.3, -0.25) is 9.36 Å². The summed E-state index contributed by atoms with van der Waals surface area (Å²) in [5.74, 6) is 0.173. The van der Waals surface area contributed by atoms with E-state index in [0.717, 1.165) is 41.6 Å². The highest BCUT2D eigenvalue weighted by molar-refractivity contribution is 7.14. The van der Waals surface area contributed by atoms with E-state index in [0.29, 0.717) is 13.1 Å². The Labute approximate surface area is 174 Å².